The highest BCUT2D eigenvalue weighted by atomic mass is 79.9. The van der Waals surface area contributed by atoms with Gasteiger partial charge in [0.2, 0.25) is 5.13 Å². The van der Waals surface area contributed by atoms with E-state index in [1.165, 1.54) is 16.0 Å². The predicted octanol–water partition coefficient (Wildman–Crippen LogP) is 6.24. The number of aromatic nitrogens is 3. The second kappa shape index (κ2) is 6.53. The first-order chi connectivity index (χ1) is 12.3. The number of carboxylic acid groups (broad SMARTS) is 1. The first-order valence-electron chi connectivity index (χ1n) is 7.43. The van der Waals surface area contributed by atoms with Crippen LogP contribution in [0.1, 0.15) is 33.9 Å². The quantitative estimate of drug-likeness (QED) is 0.460. The van der Waals surface area contributed by atoms with E-state index in [0.717, 1.165) is 21.0 Å². The summed E-state index contributed by atoms with van der Waals surface area (Å²) < 4.78 is 2.82. The summed E-state index contributed by atoms with van der Waals surface area (Å²) in [5.41, 5.74) is 3.41. The normalized spacial score (nSPS) is 15.7. The van der Waals surface area contributed by atoms with E-state index in [9.17, 15) is 9.90 Å². The smallest absolute Gasteiger partial charge is 0.355 e. The SMILES string of the molecule is Cc1nn(-c2nc3c(s2)SC(C)c2cc(Cl)c(Cl)cc2-3)c(C(=O)O)c1Br. The van der Waals surface area contributed by atoms with Crippen LogP contribution in [0.2, 0.25) is 10.0 Å². The van der Waals surface area contributed by atoms with E-state index in [2.05, 4.69) is 32.9 Å². The summed E-state index contributed by atoms with van der Waals surface area (Å²) in [4.78, 5) is 16.3. The van der Waals surface area contributed by atoms with Crippen molar-refractivity contribution in [2.45, 2.75) is 23.3 Å². The molecule has 1 aliphatic heterocycles. The zero-order valence-corrected chi connectivity index (χ0v) is 18.1. The van der Waals surface area contributed by atoms with E-state index < -0.39 is 5.97 Å². The molecule has 3 aromatic rings. The van der Waals surface area contributed by atoms with Gasteiger partial charge in [0.25, 0.3) is 0 Å². The van der Waals surface area contributed by atoms with Crippen molar-refractivity contribution in [3.63, 3.8) is 0 Å². The molecule has 0 amide bonds. The minimum absolute atomic E-state index is 0.0565. The van der Waals surface area contributed by atoms with Crippen LogP contribution in [-0.4, -0.2) is 25.8 Å². The molecule has 4 rings (SSSR count). The fraction of sp³-hybridized carbons (Fsp3) is 0.188. The van der Waals surface area contributed by atoms with E-state index in [1.54, 1.807) is 18.7 Å². The van der Waals surface area contributed by atoms with Crippen LogP contribution in [-0.2, 0) is 0 Å². The Balaban J connectivity index is 1.92. The number of hydrogen-bond acceptors (Lipinski definition) is 5. The van der Waals surface area contributed by atoms with E-state index in [1.807, 2.05) is 12.1 Å². The van der Waals surface area contributed by atoms with Crippen LogP contribution in [0.25, 0.3) is 16.4 Å². The molecule has 0 aliphatic carbocycles. The van der Waals surface area contributed by atoms with Gasteiger partial charge in [-0.25, -0.2) is 9.78 Å². The molecule has 26 heavy (non-hydrogen) atoms. The van der Waals surface area contributed by atoms with Gasteiger partial charge in [-0.05, 0) is 47.5 Å². The lowest BCUT2D eigenvalue weighted by Gasteiger charge is -2.21. The molecule has 1 aromatic carbocycles. The van der Waals surface area contributed by atoms with Gasteiger partial charge in [0.15, 0.2) is 5.69 Å². The largest absolute Gasteiger partial charge is 0.476 e. The molecular weight excluding hydrogens is 481 g/mol. The number of rotatable bonds is 2. The molecule has 1 atom stereocenters. The van der Waals surface area contributed by atoms with E-state index in [4.69, 9.17) is 23.2 Å². The Morgan fingerprint density at radius 2 is 2.04 bits per heavy atom. The minimum Gasteiger partial charge on any atom is -0.476 e. The van der Waals surface area contributed by atoms with Gasteiger partial charge >= 0.3 is 5.97 Å². The number of carbonyl (C=O) groups is 1. The monoisotopic (exact) mass is 489 g/mol. The van der Waals surface area contributed by atoms with E-state index in [0.29, 0.717) is 25.3 Å². The third-order valence-corrected chi connectivity index (χ3v) is 8.08. The first-order valence-corrected chi connectivity index (χ1v) is 10.7. The Kier molecular flexibility index (Phi) is 4.60. The lowest BCUT2D eigenvalue weighted by Crippen LogP contribution is -2.08. The van der Waals surface area contributed by atoms with Crippen LogP contribution < -0.4 is 0 Å². The zero-order valence-electron chi connectivity index (χ0n) is 13.4. The van der Waals surface area contributed by atoms with Gasteiger partial charge in [0, 0.05) is 10.8 Å². The molecule has 0 radical (unpaired) electrons. The maximum Gasteiger partial charge on any atom is 0.355 e. The van der Waals surface area contributed by atoms with E-state index in [-0.39, 0.29) is 10.9 Å². The number of thioether (sulfide) groups is 1. The maximum atomic E-state index is 11.7. The Morgan fingerprint density at radius 1 is 1.35 bits per heavy atom. The predicted molar refractivity (Wildman–Crippen MR) is 108 cm³/mol. The average Bonchev–Trinajstić information content (AvgIpc) is 3.11. The van der Waals surface area contributed by atoms with Crippen molar-refractivity contribution < 1.29 is 9.90 Å². The Morgan fingerprint density at radius 3 is 2.73 bits per heavy atom. The Bertz CT molecular complexity index is 1080. The molecule has 1 N–H and O–H groups in total. The zero-order chi connectivity index (χ0) is 18.7. The molecule has 0 saturated carbocycles. The van der Waals surface area contributed by atoms with Crippen molar-refractivity contribution in [1.82, 2.24) is 14.8 Å². The van der Waals surface area contributed by atoms with E-state index >= 15 is 0 Å². The maximum absolute atomic E-state index is 11.7. The summed E-state index contributed by atoms with van der Waals surface area (Å²) in [6.07, 6.45) is 0. The fourth-order valence-electron chi connectivity index (χ4n) is 2.79. The molecule has 0 saturated heterocycles. The van der Waals surface area contributed by atoms with Crippen molar-refractivity contribution in [1.29, 1.82) is 0 Å². The fourth-order valence-corrected chi connectivity index (χ4v) is 6.08. The summed E-state index contributed by atoms with van der Waals surface area (Å²) >= 11 is 18.8. The van der Waals surface area contributed by atoms with Gasteiger partial charge in [-0.1, -0.05) is 34.5 Å². The molecule has 5 nitrogen and oxygen atoms in total. The second-order valence-electron chi connectivity index (χ2n) is 5.71. The summed E-state index contributed by atoms with van der Waals surface area (Å²) in [6, 6.07) is 3.69. The van der Waals surface area contributed by atoms with Crippen molar-refractivity contribution in [3.8, 4) is 16.4 Å². The Hall–Kier alpha value is -1.06. The third-order valence-electron chi connectivity index (χ3n) is 4.03. The molecule has 10 heteroatoms. The molecule has 2 aromatic heterocycles. The molecule has 0 fully saturated rings. The average molecular weight is 491 g/mol. The number of hydrogen-bond donors (Lipinski definition) is 1. The van der Waals surface area contributed by atoms with Crippen LogP contribution >= 0.6 is 62.2 Å². The van der Waals surface area contributed by atoms with Gasteiger partial charge in [0.1, 0.15) is 0 Å². The number of carboxylic acids is 1. The number of halogens is 3. The number of aromatic carboxylic acids is 1. The number of aryl methyl sites for hydroxylation is 1. The van der Waals surface area contributed by atoms with Crippen LogP contribution in [0.4, 0.5) is 0 Å². The second-order valence-corrected chi connectivity index (χ2v) is 9.91. The summed E-state index contributed by atoms with van der Waals surface area (Å²) in [5.74, 6) is -1.07. The number of benzene rings is 1. The lowest BCUT2D eigenvalue weighted by atomic mass is 10.0. The van der Waals surface area contributed by atoms with Crippen molar-refractivity contribution >= 4 is 68.2 Å². The number of nitrogens with zero attached hydrogens (tertiary/aromatic N) is 3. The Labute approximate surface area is 175 Å². The van der Waals surface area contributed by atoms with Crippen molar-refractivity contribution in [3.05, 3.63) is 43.6 Å². The lowest BCUT2D eigenvalue weighted by molar-refractivity contribution is 0.0686. The highest BCUT2D eigenvalue weighted by Crippen LogP contribution is 2.52. The third kappa shape index (κ3) is 2.79. The van der Waals surface area contributed by atoms with Crippen molar-refractivity contribution in [2.75, 3.05) is 0 Å². The van der Waals surface area contributed by atoms with Crippen LogP contribution in [0.3, 0.4) is 0 Å². The van der Waals surface area contributed by atoms with Gasteiger partial charge < -0.3 is 5.11 Å². The molecular formula is C16H10BrCl2N3O2S2. The molecule has 3 heterocycles. The number of fused-ring (bicyclic) bond motifs is 3. The van der Waals surface area contributed by atoms with Crippen molar-refractivity contribution in [2.24, 2.45) is 0 Å². The minimum atomic E-state index is -1.07. The topological polar surface area (TPSA) is 68.0 Å². The van der Waals surface area contributed by atoms with Gasteiger partial charge in [-0.15, -0.1) is 11.8 Å². The summed E-state index contributed by atoms with van der Waals surface area (Å²) in [6.45, 7) is 3.84. The van der Waals surface area contributed by atoms with Crippen LogP contribution in [0.15, 0.2) is 20.8 Å². The molecule has 0 bridgehead atoms. The number of thiazole rings is 1. The molecule has 0 spiro atoms. The molecule has 134 valence electrons. The highest BCUT2D eigenvalue weighted by molar-refractivity contribution is 9.10. The molecule has 1 unspecified atom stereocenters. The summed E-state index contributed by atoms with van der Waals surface area (Å²) in [5, 5.41) is 15.5. The van der Waals surface area contributed by atoms with Crippen LogP contribution in [0, 0.1) is 6.92 Å². The molecule has 1 aliphatic rings. The standard InChI is InChI=1S/C16H10BrCl2N3O2S2/c1-5-11(17)13(14(23)24)22(21-5)16-20-12-8-4-10(19)9(18)3-7(8)6(2)25-15(12)26-16/h3-4,6H,1-2H3,(H,23,24). The van der Waals surface area contributed by atoms with Crippen LogP contribution in [0.5, 0.6) is 0 Å². The summed E-state index contributed by atoms with van der Waals surface area (Å²) in [7, 11) is 0. The first kappa shape index (κ1) is 18.3. The van der Waals surface area contributed by atoms with Gasteiger partial charge in [0.05, 0.1) is 30.1 Å². The highest BCUT2D eigenvalue weighted by Gasteiger charge is 2.30. The van der Waals surface area contributed by atoms with Gasteiger partial charge in [-0.2, -0.15) is 9.78 Å². The van der Waals surface area contributed by atoms with Gasteiger partial charge in [-0.3, -0.25) is 0 Å².